The molecule has 82 valence electrons. The highest BCUT2D eigenvalue weighted by atomic mass is 35.5. The lowest BCUT2D eigenvalue weighted by atomic mass is 9.75. The molecule has 1 aliphatic rings. The Kier molecular flexibility index (Phi) is 2.25. The van der Waals surface area contributed by atoms with E-state index in [-0.39, 0.29) is 16.7 Å². The molecule has 1 aliphatic carbocycles. The zero-order valence-electron chi connectivity index (χ0n) is 9.05. The van der Waals surface area contributed by atoms with Crippen molar-refractivity contribution < 1.29 is 5.11 Å². The maximum atomic E-state index is 9.85. The van der Waals surface area contributed by atoms with Crippen LogP contribution in [0, 0.1) is 0 Å². The molecule has 1 aromatic carbocycles. The number of nitrogens with two attached hydrogens (primary N) is 1. The Bertz CT molecular complexity index is 397. The zero-order chi connectivity index (χ0) is 11.3. The minimum absolute atomic E-state index is 0.185. The van der Waals surface area contributed by atoms with Crippen LogP contribution in [0.5, 0.6) is 5.75 Å². The molecule has 0 spiro atoms. The summed E-state index contributed by atoms with van der Waals surface area (Å²) in [5.41, 5.74) is 6.64. The van der Waals surface area contributed by atoms with E-state index in [1.165, 1.54) is 0 Å². The molecule has 0 saturated heterocycles. The van der Waals surface area contributed by atoms with E-state index < -0.39 is 0 Å². The van der Waals surface area contributed by atoms with Crippen LogP contribution in [0.4, 0.5) is 0 Å². The van der Waals surface area contributed by atoms with Crippen LogP contribution in [0.25, 0.3) is 0 Å². The number of halogens is 1. The number of aromatic hydroxyl groups is 1. The van der Waals surface area contributed by atoms with E-state index in [1.807, 2.05) is 6.07 Å². The van der Waals surface area contributed by atoms with Crippen LogP contribution in [0.3, 0.4) is 0 Å². The van der Waals surface area contributed by atoms with Crippen molar-refractivity contribution >= 4 is 11.6 Å². The standard InChI is InChI=1S/C12H16ClNO/c1-11(2,12(14)5-6-12)9-7-8(13)3-4-10(9)15/h3-4,7,15H,5-6,14H2,1-2H3. The quantitative estimate of drug-likeness (QED) is 0.813. The van der Waals surface area contributed by atoms with E-state index in [0.717, 1.165) is 18.4 Å². The van der Waals surface area contributed by atoms with Gasteiger partial charge in [0, 0.05) is 21.5 Å². The molecule has 0 heterocycles. The van der Waals surface area contributed by atoms with Crippen LogP contribution in [-0.2, 0) is 5.41 Å². The summed E-state index contributed by atoms with van der Waals surface area (Å²) in [5, 5.41) is 10.5. The molecule has 1 aromatic rings. The molecular weight excluding hydrogens is 210 g/mol. The van der Waals surface area contributed by atoms with Crippen LogP contribution in [0.15, 0.2) is 18.2 Å². The number of rotatable bonds is 2. The van der Waals surface area contributed by atoms with E-state index in [4.69, 9.17) is 17.3 Å². The molecule has 0 bridgehead atoms. The minimum Gasteiger partial charge on any atom is -0.508 e. The van der Waals surface area contributed by atoms with Crippen molar-refractivity contribution in [3.63, 3.8) is 0 Å². The molecule has 2 rings (SSSR count). The summed E-state index contributed by atoms with van der Waals surface area (Å²) in [4.78, 5) is 0. The Labute approximate surface area is 95.1 Å². The van der Waals surface area contributed by atoms with Gasteiger partial charge in [-0.2, -0.15) is 0 Å². The summed E-state index contributed by atoms with van der Waals surface area (Å²) < 4.78 is 0. The van der Waals surface area contributed by atoms with E-state index >= 15 is 0 Å². The highest BCUT2D eigenvalue weighted by molar-refractivity contribution is 6.30. The average Bonchev–Trinajstić information content (AvgIpc) is 2.89. The maximum Gasteiger partial charge on any atom is 0.119 e. The van der Waals surface area contributed by atoms with Crippen LogP contribution in [-0.4, -0.2) is 10.6 Å². The van der Waals surface area contributed by atoms with Gasteiger partial charge in [0.2, 0.25) is 0 Å². The van der Waals surface area contributed by atoms with Crippen molar-refractivity contribution in [3.8, 4) is 5.75 Å². The van der Waals surface area contributed by atoms with Gasteiger partial charge < -0.3 is 10.8 Å². The molecule has 0 atom stereocenters. The first-order chi connectivity index (χ1) is 6.87. The molecule has 2 nitrogen and oxygen atoms in total. The van der Waals surface area contributed by atoms with Gasteiger partial charge in [-0.15, -0.1) is 0 Å². The van der Waals surface area contributed by atoms with Crippen LogP contribution >= 0.6 is 11.6 Å². The van der Waals surface area contributed by atoms with Crippen molar-refractivity contribution in [2.45, 2.75) is 37.6 Å². The highest BCUT2D eigenvalue weighted by Gasteiger charge is 2.52. The molecule has 3 N–H and O–H groups in total. The van der Waals surface area contributed by atoms with Crippen molar-refractivity contribution in [2.75, 3.05) is 0 Å². The number of benzene rings is 1. The molecule has 0 amide bonds. The van der Waals surface area contributed by atoms with Crippen LogP contribution < -0.4 is 5.73 Å². The lowest BCUT2D eigenvalue weighted by Gasteiger charge is -2.33. The number of phenolic OH excluding ortho intramolecular Hbond substituents is 1. The molecule has 3 heteroatoms. The topological polar surface area (TPSA) is 46.2 Å². The lowest BCUT2D eigenvalue weighted by molar-refractivity contribution is 0.367. The molecule has 1 saturated carbocycles. The fourth-order valence-corrected chi connectivity index (χ4v) is 2.21. The third kappa shape index (κ3) is 1.62. The second-order valence-corrected chi connectivity index (χ2v) is 5.38. The first-order valence-electron chi connectivity index (χ1n) is 5.15. The third-order valence-corrected chi connectivity index (χ3v) is 3.90. The van der Waals surface area contributed by atoms with Gasteiger partial charge in [-0.25, -0.2) is 0 Å². The monoisotopic (exact) mass is 225 g/mol. The Balaban J connectivity index is 2.48. The molecule has 0 aromatic heterocycles. The van der Waals surface area contributed by atoms with Gasteiger partial charge in [-0.05, 0) is 31.0 Å². The Morgan fingerprint density at radius 3 is 2.53 bits per heavy atom. The van der Waals surface area contributed by atoms with E-state index in [2.05, 4.69) is 13.8 Å². The van der Waals surface area contributed by atoms with Crippen molar-refractivity contribution in [1.82, 2.24) is 0 Å². The van der Waals surface area contributed by atoms with Gasteiger partial charge in [0.25, 0.3) is 0 Å². The predicted octanol–water partition coefficient (Wildman–Crippen LogP) is 2.81. The van der Waals surface area contributed by atoms with Gasteiger partial charge in [0.05, 0.1) is 0 Å². The predicted molar refractivity (Wildman–Crippen MR) is 62.3 cm³/mol. The highest BCUT2D eigenvalue weighted by Crippen LogP contribution is 2.51. The normalized spacial score (nSPS) is 18.9. The van der Waals surface area contributed by atoms with Crippen LogP contribution in [0.2, 0.25) is 5.02 Å². The average molecular weight is 226 g/mol. The second-order valence-electron chi connectivity index (χ2n) is 4.94. The molecule has 1 fully saturated rings. The zero-order valence-corrected chi connectivity index (χ0v) is 9.80. The molecule has 15 heavy (non-hydrogen) atoms. The molecule has 0 radical (unpaired) electrons. The van der Waals surface area contributed by atoms with E-state index in [1.54, 1.807) is 12.1 Å². The third-order valence-electron chi connectivity index (χ3n) is 3.67. The Hall–Kier alpha value is -0.730. The van der Waals surface area contributed by atoms with Crippen LogP contribution in [0.1, 0.15) is 32.3 Å². The summed E-state index contributed by atoms with van der Waals surface area (Å²) in [7, 11) is 0. The molecule has 0 aliphatic heterocycles. The number of hydrogen-bond donors (Lipinski definition) is 2. The first-order valence-corrected chi connectivity index (χ1v) is 5.52. The van der Waals surface area contributed by atoms with E-state index in [9.17, 15) is 5.11 Å². The van der Waals surface area contributed by atoms with Gasteiger partial charge in [0.1, 0.15) is 5.75 Å². The lowest BCUT2D eigenvalue weighted by Crippen LogP contribution is -2.43. The minimum atomic E-state index is -0.234. The summed E-state index contributed by atoms with van der Waals surface area (Å²) in [5.74, 6) is 0.279. The molecule has 0 unspecified atom stereocenters. The van der Waals surface area contributed by atoms with Gasteiger partial charge >= 0.3 is 0 Å². The van der Waals surface area contributed by atoms with E-state index in [0.29, 0.717) is 5.02 Å². The fourth-order valence-electron chi connectivity index (χ4n) is 2.04. The smallest absolute Gasteiger partial charge is 0.119 e. The van der Waals surface area contributed by atoms with Crippen molar-refractivity contribution in [1.29, 1.82) is 0 Å². The SMILES string of the molecule is CC(C)(c1cc(Cl)ccc1O)C1(N)CC1. The summed E-state index contributed by atoms with van der Waals surface area (Å²) in [6.07, 6.45) is 2.01. The Morgan fingerprint density at radius 2 is 2.00 bits per heavy atom. The van der Waals surface area contributed by atoms with Crippen molar-refractivity contribution in [2.24, 2.45) is 5.73 Å². The summed E-state index contributed by atoms with van der Waals surface area (Å²) in [6.45, 7) is 4.12. The number of hydrogen-bond acceptors (Lipinski definition) is 2. The van der Waals surface area contributed by atoms with Gasteiger partial charge in [-0.3, -0.25) is 0 Å². The molecular formula is C12H16ClNO. The van der Waals surface area contributed by atoms with Gasteiger partial charge in [0.15, 0.2) is 0 Å². The Morgan fingerprint density at radius 1 is 1.40 bits per heavy atom. The van der Waals surface area contributed by atoms with Gasteiger partial charge in [-0.1, -0.05) is 25.4 Å². The second kappa shape index (κ2) is 3.13. The summed E-state index contributed by atoms with van der Waals surface area (Å²) in [6, 6.07) is 5.13. The van der Waals surface area contributed by atoms with Crippen molar-refractivity contribution in [3.05, 3.63) is 28.8 Å². The number of phenols is 1. The fraction of sp³-hybridized carbons (Fsp3) is 0.500. The summed E-state index contributed by atoms with van der Waals surface area (Å²) >= 11 is 5.94. The first kappa shape index (κ1) is 10.8. The largest absolute Gasteiger partial charge is 0.508 e. The maximum absolute atomic E-state index is 9.85.